The van der Waals surface area contributed by atoms with E-state index in [0.717, 1.165) is 32.6 Å². The Balaban J connectivity index is 0.000000355. The van der Waals surface area contributed by atoms with Gasteiger partial charge in [-0.1, -0.05) is 48.5 Å². The Kier molecular flexibility index (Phi) is 14.3. The topological polar surface area (TPSA) is 164 Å². The summed E-state index contributed by atoms with van der Waals surface area (Å²) in [5.74, 6) is -5.03. The third-order valence-electron chi connectivity index (χ3n) is 5.04. The highest BCUT2D eigenvalue weighted by atomic mass is 16.4. The van der Waals surface area contributed by atoms with Crippen LogP contribution in [-0.4, -0.2) is 69.3 Å². The molecule has 0 spiro atoms. The molecule has 37 heavy (non-hydrogen) atoms. The number of fused-ring (bicyclic) bond motifs is 2. The van der Waals surface area contributed by atoms with Gasteiger partial charge in [-0.2, -0.15) is 0 Å². The quantitative estimate of drug-likeness (QED) is 0.262. The molecule has 0 saturated carbocycles. The fourth-order valence-electron chi connectivity index (χ4n) is 3.43. The molecule has 0 atom stereocenters. The van der Waals surface area contributed by atoms with Gasteiger partial charge in [0.1, 0.15) is 0 Å². The number of benzene rings is 2. The number of nitrogens with zero attached hydrogens (tertiary/aromatic N) is 1. The number of carbonyl (C=O) groups is 4. The second-order valence-electron chi connectivity index (χ2n) is 7.90. The fourth-order valence-corrected chi connectivity index (χ4v) is 3.43. The largest absolute Gasteiger partial charge is 0.478 e. The molecule has 1 aliphatic heterocycles. The Morgan fingerprint density at radius 2 is 1.05 bits per heavy atom. The molecule has 0 unspecified atom stereocenters. The van der Waals surface area contributed by atoms with Gasteiger partial charge in [0.2, 0.25) is 0 Å². The minimum Gasteiger partial charge on any atom is -0.478 e. The fraction of sp³-hybridized carbons (Fsp3) is 0.259. The van der Waals surface area contributed by atoms with Crippen LogP contribution in [0.5, 0.6) is 0 Å². The SMILES string of the molecule is CNCCCN1Cc2ccccc2Cc2ccccc2C1.O=C(O)/C=C\C(=O)O.O=C(O)/C=C\C(=O)O. The summed E-state index contributed by atoms with van der Waals surface area (Å²) < 4.78 is 0. The highest BCUT2D eigenvalue weighted by Gasteiger charge is 2.16. The predicted octanol–water partition coefficient (Wildman–Crippen LogP) is 2.63. The molecule has 0 fully saturated rings. The third-order valence-corrected chi connectivity index (χ3v) is 5.04. The number of hydrogen-bond acceptors (Lipinski definition) is 6. The third kappa shape index (κ3) is 14.0. The van der Waals surface area contributed by atoms with Gasteiger partial charge in [-0.05, 0) is 48.7 Å². The summed E-state index contributed by atoms with van der Waals surface area (Å²) in [6, 6.07) is 17.8. The molecule has 198 valence electrons. The second kappa shape index (κ2) is 17.2. The number of carboxylic acid groups (broad SMARTS) is 4. The van der Waals surface area contributed by atoms with E-state index in [-0.39, 0.29) is 0 Å². The number of rotatable bonds is 8. The van der Waals surface area contributed by atoms with Crippen molar-refractivity contribution in [2.24, 2.45) is 0 Å². The summed E-state index contributed by atoms with van der Waals surface area (Å²) in [5.41, 5.74) is 5.92. The molecule has 3 rings (SSSR count). The Morgan fingerprint density at radius 1 is 0.703 bits per heavy atom. The zero-order valence-corrected chi connectivity index (χ0v) is 20.5. The van der Waals surface area contributed by atoms with E-state index < -0.39 is 23.9 Å². The first-order chi connectivity index (χ1) is 17.6. The standard InChI is InChI=1S/C19H24N2.2C4H4O4/c1-20-11-6-12-21-14-18-9-4-2-7-16(18)13-17-8-3-5-10-19(17)15-21;2*5-3(6)1-2-4(7)8/h2-5,7-10,20H,6,11-15H2,1H3;2*1-2H,(H,5,6)(H,7,8)/b;2*2-1-. The monoisotopic (exact) mass is 512 g/mol. The van der Waals surface area contributed by atoms with Crippen molar-refractivity contribution in [3.63, 3.8) is 0 Å². The van der Waals surface area contributed by atoms with Gasteiger partial charge < -0.3 is 25.7 Å². The highest BCUT2D eigenvalue weighted by Crippen LogP contribution is 2.24. The molecule has 10 heteroatoms. The maximum Gasteiger partial charge on any atom is 0.328 e. The van der Waals surface area contributed by atoms with Crippen LogP contribution in [0.3, 0.4) is 0 Å². The predicted molar refractivity (Wildman–Crippen MR) is 137 cm³/mol. The zero-order valence-electron chi connectivity index (χ0n) is 20.5. The molecule has 0 saturated heterocycles. The highest BCUT2D eigenvalue weighted by molar-refractivity contribution is 5.90. The lowest BCUT2D eigenvalue weighted by Crippen LogP contribution is -2.28. The number of nitrogens with one attached hydrogen (secondary N) is 1. The summed E-state index contributed by atoms with van der Waals surface area (Å²) in [6.45, 7) is 4.35. The summed E-state index contributed by atoms with van der Waals surface area (Å²) in [4.78, 5) is 40.8. The molecule has 0 aromatic heterocycles. The van der Waals surface area contributed by atoms with Gasteiger partial charge in [0, 0.05) is 43.9 Å². The van der Waals surface area contributed by atoms with Crippen LogP contribution >= 0.6 is 0 Å². The Bertz CT molecular complexity index is 998. The first-order valence-corrected chi connectivity index (χ1v) is 11.4. The van der Waals surface area contributed by atoms with Gasteiger partial charge in [0.15, 0.2) is 0 Å². The first kappa shape index (κ1) is 30.8. The minimum atomic E-state index is -1.26. The van der Waals surface area contributed by atoms with Gasteiger partial charge >= 0.3 is 23.9 Å². The van der Waals surface area contributed by atoms with Gasteiger partial charge in [0.25, 0.3) is 0 Å². The molecular weight excluding hydrogens is 480 g/mol. The zero-order chi connectivity index (χ0) is 27.6. The van der Waals surface area contributed by atoms with Crippen molar-refractivity contribution < 1.29 is 39.6 Å². The minimum absolute atomic E-state index is 0.558. The van der Waals surface area contributed by atoms with Gasteiger partial charge in [-0.15, -0.1) is 0 Å². The molecular formula is C27H32N2O8. The summed E-state index contributed by atoms with van der Waals surface area (Å²) in [5, 5.41) is 34.5. The molecule has 0 radical (unpaired) electrons. The molecule has 0 aliphatic carbocycles. The maximum absolute atomic E-state index is 9.55. The van der Waals surface area contributed by atoms with Gasteiger partial charge in [-0.3, -0.25) is 4.90 Å². The lowest BCUT2D eigenvalue weighted by Gasteiger charge is -2.27. The van der Waals surface area contributed by atoms with Crippen LogP contribution < -0.4 is 5.32 Å². The van der Waals surface area contributed by atoms with E-state index in [1.165, 1.54) is 28.7 Å². The lowest BCUT2D eigenvalue weighted by molar-refractivity contribution is -0.134. The van der Waals surface area contributed by atoms with E-state index in [4.69, 9.17) is 20.4 Å². The summed E-state index contributed by atoms with van der Waals surface area (Å²) in [7, 11) is 2.03. The van der Waals surface area contributed by atoms with Crippen molar-refractivity contribution in [2.45, 2.75) is 25.9 Å². The van der Waals surface area contributed by atoms with E-state index in [1.54, 1.807) is 0 Å². The van der Waals surface area contributed by atoms with Crippen LogP contribution in [0.25, 0.3) is 0 Å². The van der Waals surface area contributed by atoms with Gasteiger partial charge in [0.05, 0.1) is 0 Å². The van der Waals surface area contributed by atoms with E-state index in [2.05, 4.69) is 58.7 Å². The second-order valence-corrected chi connectivity index (χ2v) is 7.90. The van der Waals surface area contributed by atoms with Crippen molar-refractivity contribution in [1.82, 2.24) is 10.2 Å². The van der Waals surface area contributed by atoms with Crippen molar-refractivity contribution in [3.05, 3.63) is 95.1 Å². The number of aliphatic carboxylic acids is 4. The molecule has 10 nitrogen and oxygen atoms in total. The average molecular weight is 513 g/mol. The number of carboxylic acids is 4. The van der Waals surface area contributed by atoms with E-state index in [9.17, 15) is 19.2 Å². The molecule has 0 amide bonds. The van der Waals surface area contributed by atoms with Crippen LogP contribution in [0, 0.1) is 0 Å². The lowest BCUT2D eigenvalue weighted by atomic mass is 9.93. The van der Waals surface area contributed by atoms with Crippen LogP contribution in [-0.2, 0) is 38.7 Å². The van der Waals surface area contributed by atoms with Crippen LogP contribution in [0.2, 0.25) is 0 Å². The van der Waals surface area contributed by atoms with Crippen LogP contribution in [0.15, 0.2) is 72.8 Å². The first-order valence-electron chi connectivity index (χ1n) is 11.4. The van der Waals surface area contributed by atoms with Gasteiger partial charge in [-0.25, -0.2) is 19.2 Å². The molecule has 2 aromatic rings. The smallest absolute Gasteiger partial charge is 0.328 e. The maximum atomic E-state index is 9.55. The number of hydrogen-bond donors (Lipinski definition) is 5. The Morgan fingerprint density at radius 3 is 1.38 bits per heavy atom. The average Bonchev–Trinajstić information content (AvgIpc) is 2.83. The molecule has 5 N–H and O–H groups in total. The van der Waals surface area contributed by atoms with Crippen molar-refractivity contribution in [1.29, 1.82) is 0 Å². The Labute approximate surface area is 215 Å². The molecule has 2 aromatic carbocycles. The van der Waals surface area contributed by atoms with E-state index in [0.29, 0.717) is 24.3 Å². The summed E-state index contributed by atoms with van der Waals surface area (Å²) in [6.07, 6.45) is 4.49. The van der Waals surface area contributed by atoms with E-state index in [1.807, 2.05) is 7.05 Å². The van der Waals surface area contributed by atoms with Crippen LogP contribution in [0.1, 0.15) is 28.7 Å². The van der Waals surface area contributed by atoms with Crippen molar-refractivity contribution in [2.75, 3.05) is 20.1 Å². The van der Waals surface area contributed by atoms with Crippen LogP contribution in [0.4, 0.5) is 0 Å². The summed E-state index contributed by atoms with van der Waals surface area (Å²) >= 11 is 0. The molecule has 1 aliphatic rings. The molecule has 1 heterocycles. The normalized spacial score (nSPS) is 12.6. The van der Waals surface area contributed by atoms with Crippen molar-refractivity contribution >= 4 is 23.9 Å². The molecule has 0 bridgehead atoms. The van der Waals surface area contributed by atoms with E-state index >= 15 is 0 Å². The Hall–Kier alpha value is -4.28. The van der Waals surface area contributed by atoms with Crippen molar-refractivity contribution in [3.8, 4) is 0 Å².